The van der Waals surface area contributed by atoms with Crippen molar-refractivity contribution < 1.29 is 18.3 Å². The minimum absolute atomic E-state index is 0.109. The molecule has 1 saturated carbocycles. The molecule has 1 aromatic carbocycles. The highest BCUT2D eigenvalue weighted by Crippen LogP contribution is 2.49. The van der Waals surface area contributed by atoms with Gasteiger partial charge in [0.2, 0.25) is 0 Å². The third-order valence-corrected chi connectivity index (χ3v) is 7.09. The van der Waals surface area contributed by atoms with Crippen molar-refractivity contribution in [1.29, 1.82) is 5.41 Å². The SMILES string of the molecule is COc1cc(OC)c(F)c(N2Cc3cnc(/C(=C/PC)C(C)=N)cc3N(c3cccnc3)C2=C2CC2)c1F. The van der Waals surface area contributed by atoms with Crippen LogP contribution in [0.15, 0.2) is 60.1 Å². The summed E-state index contributed by atoms with van der Waals surface area (Å²) in [5.74, 6) is 0.845. The first-order chi connectivity index (χ1) is 18.4. The van der Waals surface area contributed by atoms with E-state index in [0.717, 1.165) is 40.9 Å². The maximum atomic E-state index is 15.8. The summed E-state index contributed by atoms with van der Waals surface area (Å²) in [6.45, 7) is 3.97. The van der Waals surface area contributed by atoms with Crippen LogP contribution in [0.25, 0.3) is 5.57 Å². The zero-order valence-electron chi connectivity index (χ0n) is 21.6. The van der Waals surface area contributed by atoms with Crippen LogP contribution < -0.4 is 19.3 Å². The van der Waals surface area contributed by atoms with Crippen LogP contribution in [0.2, 0.25) is 0 Å². The Morgan fingerprint density at radius 3 is 2.37 bits per heavy atom. The number of aromatic nitrogens is 2. The fraction of sp³-hybridized carbons (Fsp3) is 0.250. The second kappa shape index (κ2) is 10.5. The van der Waals surface area contributed by atoms with E-state index in [4.69, 9.17) is 14.9 Å². The molecular weight excluding hydrogens is 507 g/mol. The van der Waals surface area contributed by atoms with Crippen molar-refractivity contribution in [2.75, 3.05) is 30.7 Å². The quantitative estimate of drug-likeness (QED) is 0.271. The summed E-state index contributed by atoms with van der Waals surface area (Å²) in [5.41, 5.74) is 5.02. The summed E-state index contributed by atoms with van der Waals surface area (Å²) in [4.78, 5) is 12.6. The van der Waals surface area contributed by atoms with E-state index >= 15 is 8.78 Å². The second-order valence-electron chi connectivity index (χ2n) is 8.99. The van der Waals surface area contributed by atoms with E-state index in [1.165, 1.54) is 20.3 Å². The predicted octanol–water partition coefficient (Wildman–Crippen LogP) is 6.62. The number of rotatable bonds is 7. The van der Waals surface area contributed by atoms with E-state index in [1.54, 1.807) is 30.4 Å². The van der Waals surface area contributed by atoms with Gasteiger partial charge >= 0.3 is 0 Å². The van der Waals surface area contributed by atoms with E-state index in [1.807, 2.05) is 35.6 Å². The standard InChI is InChI=1S/C28H28F2N5O2P/c1-16(31)20(15-38-4)21-10-22-18(12-33-21)14-34(27-25(29)23(36-2)11-24(37-3)26(27)30)28(17-7-8-17)35(22)19-6-5-9-32-13-19/h5-6,9-13,15,31,38H,7-8,14H2,1-4H3/b20-15+,31-16?. The number of halogens is 2. The minimum atomic E-state index is -0.808. The third kappa shape index (κ3) is 4.52. The molecule has 7 nitrogen and oxygen atoms in total. The largest absolute Gasteiger partial charge is 0.493 e. The first-order valence-electron chi connectivity index (χ1n) is 12.1. The van der Waals surface area contributed by atoms with Crippen molar-refractivity contribution in [2.24, 2.45) is 0 Å². The summed E-state index contributed by atoms with van der Waals surface area (Å²) in [5, 5.41) is 8.28. The van der Waals surface area contributed by atoms with Gasteiger partial charge in [-0.2, -0.15) is 0 Å². The van der Waals surface area contributed by atoms with Crippen molar-refractivity contribution in [2.45, 2.75) is 26.3 Å². The maximum absolute atomic E-state index is 15.8. The van der Waals surface area contributed by atoms with Crippen molar-refractivity contribution in [1.82, 2.24) is 9.97 Å². The minimum Gasteiger partial charge on any atom is -0.493 e. The van der Waals surface area contributed by atoms with Crippen LogP contribution in [0.4, 0.5) is 25.8 Å². The molecule has 2 aliphatic rings. The van der Waals surface area contributed by atoms with Gasteiger partial charge in [-0.15, -0.1) is 8.58 Å². The van der Waals surface area contributed by atoms with Gasteiger partial charge < -0.3 is 19.8 Å². The van der Waals surface area contributed by atoms with Crippen LogP contribution in [0.3, 0.4) is 0 Å². The molecule has 1 fully saturated rings. The molecule has 3 heterocycles. The fourth-order valence-corrected chi connectivity index (χ4v) is 5.28. The van der Waals surface area contributed by atoms with Gasteiger partial charge in [-0.05, 0) is 50.2 Å². The highest BCUT2D eigenvalue weighted by molar-refractivity contribution is 7.41. The van der Waals surface area contributed by atoms with E-state index in [0.29, 0.717) is 25.8 Å². The van der Waals surface area contributed by atoms with Gasteiger partial charge in [0, 0.05) is 35.3 Å². The molecule has 0 amide bonds. The zero-order valence-corrected chi connectivity index (χ0v) is 22.6. The van der Waals surface area contributed by atoms with Gasteiger partial charge in [-0.3, -0.25) is 14.9 Å². The lowest BCUT2D eigenvalue weighted by Gasteiger charge is -2.42. The first-order valence-corrected chi connectivity index (χ1v) is 13.7. The normalized spacial score (nSPS) is 15.3. The summed E-state index contributed by atoms with van der Waals surface area (Å²) in [6, 6.07) is 6.90. The van der Waals surface area contributed by atoms with Crippen molar-refractivity contribution >= 4 is 36.9 Å². The molecule has 38 heavy (non-hydrogen) atoms. The number of allylic oxidation sites excluding steroid dienone is 2. The number of hydrogen-bond acceptors (Lipinski definition) is 7. The van der Waals surface area contributed by atoms with E-state index in [2.05, 4.69) is 9.97 Å². The highest BCUT2D eigenvalue weighted by Gasteiger charge is 2.39. The van der Waals surface area contributed by atoms with Crippen LogP contribution in [-0.4, -0.2) is 36.6 Å². The number of hydrogen-bond donors (Lipinski definition) is 1. The summed E-state index contributed by atoms with van der Waals surface area (Å²) in [6.07, 6.45) is 6.74. The number of pyridine rings is 2. The predicted molar refractivity (Wildman–Crippen MR) is 148 cm³/mol. The van der Waals surface area contributed by atoms with E-state index in [-0.39, 0.29) is 23.7 Å². The Balaban J connectivity index is 1.78. The molecule has 1 aliphatic carbocycles. The third-order valence-electron chi connectivity index (χ3n) is 6.51. The van der Waals surface area contributed by atoms with Crippen LogP contribution in [0.1, 0.15) is 31.0 Å². The lowest BCUT2D eigenvalue weighted by molar-refractivity contribution is 0.358. The molecule has 0 saturated heterocycles. The van der Waals surface area contributed by atoms with Gasteiger partial charge in [0.1, 0.15) is 11.5 Å². The Kier molecular flexibility index (Phi) is 7.13. The molecule has 196 valence electrons. The summed E-state index contributed by atoms with van der Waals surface area (Å²) >= 11 is 0. The Morgan fingerprint density at radius 2 is 1.82 bits per heavy atom. The van der Waals surface area contributed by atoms with Crippen molar-refractivity contribution in [3.63, 3.8) is 0 Å². The number of benzene rings is 1. The molecule has 1 aliphatic heterocycles. The van der Waals surface area contributed by atoms with Gasteiger partial charge in [-0.25, -0.2) is 8.78 Å². The molecule has 2 aromatic heterocycles. The van der Waals surface area contributed by atoms with Gasteiger partial charge in [0.25, 0.3) is 0 Å². The number of fused-ring (bicyclic) bond motifs is 1. The van der Waals surface area contributed by atoms with Gasteiger partial charge in [0.05, 0.1) is 44.0 Å². The fourth-order valence-electron chi connectivity index (χ4n) is 4.63. The highest BCUT2D eigenvalue weighted by atomic mass is 31.1. The maximum Gasteiger partial charge on any atom is 0.191 e. The van der Waals surface area contributed by atoms with Crippen LogP contribution in [0.5, 0.6) is 11.5 Å². The molecule has 1 N–H and O–H groups in total. The monoisotopic (exact) mass is 535 g/mol. The molecule has 3 aromatic rings. The second-order valence-corrected chi connectivity index (χ2v) is 9.85. The molecule has 1 unspecified atom stereocenters. The number of nitrogens with one attached hydrogen (secondary N) is 1. The molecule has 10 heteroatoms. The topological polar surface area (TPSA) is 74.6 Å². The number of ether oxygens (including phenoxy) is 2. The molecule has 0 bridgehead atoms. The van der Waals surface area contributed by atoms with Crippen LogP contribution in [-0.2, 0) is 6.54 Å². The zero-order chi connectivity index (χ0) is 27.0. The van der Waals surface area contributed by atoms with Gasteiger partial charge in [-0.1, -0.05) is 5.82 Å². The van der Waals surface area contributed by atoms with Gasteiger partial charge in [0.15, 0.2) is 23.1 Å². The molecule has 0 radical (unpaired) electrons. The Hall–Kier alpha value is -3.84. The van der Waals surface area contributed by atoms with Crippen molar-refractivity contribution in [3.05, 3.63) is 83.0 Å². The molecule has 5 rings (SSSR count). The molecule has 0 spiro atoms. The molecule has 1 atom stereocenters. The number of anilines is 3. The average molecular weight is 536 g/mol. The number of nitrogens with zero attached hydrogens (tertiary/aromatic N) is 4. The first kappa shape index (κ1) is 25.8. The lowest BCUT2D eigenvalue weighted by Crippen LogP contribution is -2.39. The number of methoxy groups -OCH3 is 2. The Labute approximate surface area is 222 Å². The Morgan fingerprint density at radius 1 is 1.11 bits per heavy atom. The summed E-state index contributed by atoms with van der Waals surface area (Å²) < 4.78 is 42.0. The van der Waals surface area contributed by atoms with E-state index < -0.39 is 11.6 Å². The average Bonchev–Trinajstić information content (AvgIpc) is 3.77. The van der Waals surface area contributed by atoms with Crippen molar-refractivity contribution in [3.8, 4) is 11.5 Å². The smallest absolute Gasteiger partial charge is 0.191 e. The van der Waals surface area contributed by atoms with Crippen LogP contribution in [0, 0.1) is 17.0 Å². The Bertz CT molecular complexity index is 1440. The molecular formula is C28H28F2N5O2P. The summed E-state index contributed by atoms with van der Waals surface area (Å²) in [7, 11) is 3.19. The lowest BCUT2D eigenvalue weighted by atomic mass is 10.0. The van der Waals surface area contributed by atoms with Crippen LogP contribution >= 0.6 is 8.58 Å². The van der Waals surface area contributed by atoms with E-state index in [9.17, 15) is 0 Å².